The quantitative estimate of drug-likeness (QED) is 0.0174. The highest BCUT2D eigenvalue weighted by Gasteiger charge is 2.30. The van der Waals surface area contributed by atoms with Crippen LogP contribution < -0.4 is 47.4 Å². The Bertz CT molecular complexity index is 3270. The summed E-state index contributed by atoms with van der Waals surface area (Å²) >= 11 is 0. The number of nitrogens with one attached hydrogen (secondary N) is 9. The average molecular weight is 1310 g/mol. The van der Waals surface area contributed by atoms with E-state index in [-0.39, 0.29) is 105 Å². The molecule has 3 heterocycles. The molecule has 32 heteroatoms. The van der Waals surface area contributed by atoms with Crippen LogP contribution in [0.5, 0.6) is 0 Å². The highest BCUT2D eigenvalue weighted by atomic mass is 32.2. The van der Waals surface area contributed by atoms with E-state index in [9.17, 15) is 72.0 Å². The maximum atomic E-state index is 13.9. The molecule has 2 atom stereocenters. The molecule has 0 bridgehead atoms. The Balaban J connectivity index is 0.997. The van der Waals surface area contributed by atoms with Crippen molar-refractivity contribution in [1.82, 2.24) is 70.8 Å². The van der Waals surface area contributed by atoms with Gasteiger partial charge in [0, 0.05) is 169 Å². The van der Waals surface area contributed by atoms with Gasteiger partial charge < -0.3 is 71.9 Å². The maximum Gasteiger partial charge on any atom is 0.323 e. The number of hydrogen-bond donors (Lipinski definition) is 13. The number of H-pyrrole nitrogens is 1. The van der Waals surface area contributed by atoms with Crippen LogP contribution in [0, 0.1) is 27.8 Å². The number of ether oxygens (including phenoxy) is 1. The molecule has 0 spiro atoms. The summed E-state index contributed by atoms with van der Waals surface area (Å²) in [6, 6.07) is 5.55. The van der Waals surface area contributed by atoms with E-state index in [1.165, 1.54) is 18.1 Å². The number of aryl methyl sites for hydroxylation is 4. The Kier molecular flexibility index (Phi) is 31.0. The van der Waals surface area contributed by atoms with Crippen molar-refractivity contribution in [2.45, 2.75) is 102 Å². The van der Waals surface area contributed by atoms with Crippen LogP contribution in [0.4, 0.5) is 5.95 Å². The number of rotatable bonds is 36. The van der Waals surface area contributed by atoms with Crippen LogP contribution in [0.1, 0.15) is 77.6 Å². The molecule has 1 aliphatic rings. The molecule has 1 saturated heterocycles. The lowest BCUT2D eigenvalue weighted by Gasteiger charge is -2.33. The second kappa shape index (κ2) is 38.2. The Hall–Kier alpha value is -7.95. The molecular formula is C60H89N15O16S. The zero-order valence-electron chi connectivity index (χ0n) is 52.6. The first kappa shape index (κ1) is 74.8. The summed E-state index contributed by atoms with van der Waals surface area (Å²) in [7, 11) is 3.25. The fourth-order valence-electron chi connectivity index (χ4n) is 10.3. The number of aromatic amines is 1. The molecule has 31 nitrogen and oxygen atoms in total. The summed E-state index contributed by atoms with van der Waals surface area (Å²) in [5.74, 6) is -4.99. The number of sulfonamides is 1. The van der Waals surface area contributed by atoms with Crippen LogP contribution in [0.25, 0.3) is 10.9 Å². The van der Waals surface area contributed by atoms with Gasteiger partial charge in [-0.3, -0.25) is 62.8 Å². The summed E-state index contributed by atoms with van der Waals surface area (Å²) in [5, 5.41) is 58.0. The van der Waals surface area contributed by atoms with E-state index in [4.69, 9.17) is 11.8 Å². The molecule has 0 saturated carbocycles. The third-order valence-electron chi connectivity index (χ3n) is 14.9. The minimum atomic E-state index is -4.36. The van der Waals surface area contributed by atoms with E-state index in [2.05, 4.69) is 51.9 Å². The van der Waals surface area contributed by atoms with Crippen LogP contribution >= 0.6 is 0 Å². The maximum absolute atomic E-state index is 13.9. The van der Waals surface area contributed by atoms with Crippen molar-refractivity contribution < 1.29 is 71.9 Å². The van der Waals surface area contributed by atoms with Crippen molar-refractivity contribution in [3.63, 3.8) is 0 Å². The molecule has 1 aliphatic heterocycles. The zero-order chi connectivity index (χ0) is 67.3. The molecule has 2 unspecified atom stereocenters. The van der Waals surface area contributed by atoms with Crippen molar-refractivity contribution in [1.29, 1.82) is 0 Å². The Morgan fingerprint density at radius 3 is 1.90 bits per heavy atom. The van der Waals surface area contributed by atoms with Gasteiger partial charge in [0.2, 0.25) is 45.0 Å². The second-order valence-electron chi connectivity index (χ2n) is 22.4. The predicted molar refractivity (Wildman–Crippen MR) is 338 cm³/mol. The number of aliphatic hydroxyl groups is 2. The fourth-order valence-corrected chi connectivity index (χ4v) is 11.9. The van der Waals surface area contributed by atoms with Crippen LogP contribution in [0.15, 0.2) is 58.6 Å². The Morgan fingerprint density at radius 1 is 0.739 bits per heavy atom. The van der Waals surface area contributed by atoms with E-state index >= 15 is 0 Å². The Morgan fingerprint density at radius 2 is 1.33 bits per heavy atom. The van der Waals surface area contributed by atoms with E-state index < -0.39 is 70.0 Å². The lowest BCUT2D eigenvalue weighted by Crippen LogP contribution is -2.51. The smallest absolute Gasteiger partial charge is 0.323 e. The average Bonchev–Trinajstić information content (AvgIpc) is 0.905. The van der Waals surface area contributed by atoms with Crippen LogP contribution in [-0.4, -0.2) is 247 Å². The van der Waals surface area contributed by atoms with Crippen LogP contribution in [0.2, 0.25) is 0 Å². The number of anilines is 1. The standard InChI is InChI=1S/C60H89N15O16S/c1-40-31-41(2)56(42(3)32-40)92(89,90)70-47(59(87)88)35-67-57(85)45-36-75(48-33-43(9-10-44(48)55(45)84)34-68-60-65-18-19-66-60)20-6-15-62-50(77)13-14-51(78)64-17-8-30-91-29-7-16-63-49(76)12-11-46(58(86)61-4)69-52(79)37-72-23-21-71(5)22-24-73(38-53(80)81)27-28-74(26-25-72)39-54(82)83/h5,9-10,18-19,31-33,36,46-47,54,70,82-83H,6-8,11-17,20-30,34-35,37-39H2,1-4H3,(H,61,86)(H,62,77)(H,63,76)(H,64,78)(H,67,85)(H,69,79)(H,80,81)(H,87,88)(H2,65,66,68). The van der Waals surface area contributed by atoms with Gasteiger partial charge in [-0.1, -0.05) is 23.8 Å². The summed E-state index contributed by atoms with van der Waals surface area (Å²) in [6.45, 7) is 8.47. The summed E-state index contributed by atoms with van der Waals surface area (Å²) < 4.78 is 36.4. The molecule has 506 valence electrons. The number of nitrogens with zero attached hydrogens (tertiary/aromatic N) is 6. The van der Waals surface area contributed by atoms with Crippen molar-refractivity contribution in [2.24, 2.45) is 0 Å². The van der Waals surface area contributed by atoms with Gasteiger partial charge in [0.25, 0.3) is 5.91 Å². The number of carbonyl (C=O) groups excluding carboxylic acids is 6. The highest BCUT2D eigenvalue weighted by molar-refractivity contribution is 7.89. The summed E-state index contributed by atoms with van der Waals surface area (Å²) in [5.41, 5.74) is 1.89. The third-order valence-corrected chi connectivity index (χ3v) is 16.7. The van der Waals surface area contributed by atoms with E-state index in [1.54, 1.807) is 77.9 Å². The van der Waals surface area contributed by atoms with Gasteiger partial charge in [0.05, 0.1) is 23.5 Å². The molecule has 1 fully saturated rings. The molecule has 6 amide bonds. The van der Waals surface area contributed by atoms with Gasteiger partial charge in [0.15, 0.2) is 12.2 Å². The molecule has 13 N–H and O–H groups in total. The van der Waals surface area contributed by atoms with Crippen molar-refractivity contribution in [3.8, 4) is 0 Å². The zero-order valence-corrected chi connectivity index (χ0v) is 53.4. The lowest BCUT2D eigenvalue weighted by molar-refractivity contribution is -0.139. The molecule has 2 aromatic carbocycles. The number of hydrogen-bond acceptors (Lipinski definition) is 20. The summed E-state index contributed by atoms with van der Waals surface area (Å²) in [6.07, 6.45) is 3.99. The first-order valence-corrected chi connectivity index (χ1v) is 31.9. The molecule has 5 rings (SSSR count). The van der Waals surface area contributed by atoms with Gasteiger partial charge in [-0.15, -0.1) is 0 Å². The molecular weight excluding hydrogens is 1220 g/mol. The molecule has 2 aromatic heterocycles. The topological polar surface area (TPSA) is 421 Å². The van der Waals surface area contributed by atoms with E-state index in [0.717, 1.165) is 11.1 Å². The minimum Gasteiger partial charge on any atom is -0.480 e. The fraction of sp³-hybridized carbons (Fsp3) is 0.550. The van der Waals surface area contributed by atoms with Crippen LogP contribution in [-0.2, 0) is 61.4 Å². The molecule has 4 aromatic rings. The number of imidazole rings is 1. The van der Waals surface area contributed by atoms with Gasteiger partial charge in [-0.25, -0.2) is 13.4 Å². The number of amides is 6. The van der Waals surface area contributed by atoms with E-state index in [0.29, 0.717) is 114 Å². The van der Waals surface area contributed by atoms with E-state index in [1.807, 2.05) is 4.90 Å². The number of carboxylic acids is 2. The number of benzene rings is 2. The monoisotopic (exact) mass is 1310 g/mol. The lowest BCUT2D eigenvalue weighted by atomic mass is 10.1. The van der Waals surface area contributed by atoms with Gasteiger partial charge in [-0.2, -0.15) is 4.72 Å². The minimum absolute atomic E-state index is 0.0194. The van der Waals surface area contributed by atoms with Crippen molar-refractivity contribution >= 4 is 74.3 Å². The molecule has 92 heavy (non-hydrogen) atoms. The van der Waals surface area contributed by atoms with Crippen molar-refractivity contribution in [3.05, 3.63) is 94.0 Å². The van der Waals surface area contributed by atoms with Gasteiger partial charge in [-0.05, 0) is 75.3 Å². The number of carbonyl (C=O) groups is 8. The number of carboxylic acid groups (broad SMARTS) is 2. The largest absolute Gasteiger partial charge is 0.480 e. The van der Waals surface area contributed by atoms with Crippen LogP contribution in [0.3, 0.4) is 0 Å². The van der Waals surface area contributed by atoms with Gasteiger partial charge in [0.1, 0.15) is 17.6 Å². The highest BCUT2D eigenvalue weighted by Crippen LogP contribution is 2.22. The number of β-amino-alcohol motifs (C(OH)–C–C–N with tert-alkyl or cyclic N) is 2. The number of fused-ring (bicyclic) bond motifs is 1. The third kappa shape index (κ3) is 26.0. The number of aliphatic carboxylic acids is 2. The summed E-state index contributed by atoms with van der Waals surface area (Å²) in [4.78, 5) is 129. The van der Waals surface area contributed by atoms with Gasteiger partial charge >= 0.3 is 11.9 Å². The number of pyridine rings is 1. The molecule has 0 aliphatic carbocycles. The number of aromatic nitrogens is 3. The predicted octanol–water partition coefficient (Wildman–Crippen LogP) is -1.96. The second-order valence-corrected chi connectivity index (χ2v) is 24.1. The normalized spacial score (nSPS) is 14.7. The number of likely N-dealkylation sites (N-methyl/N-ethyl adjacent to an activating group) is 1. The Labute approximate surface area is 534 Å². The van der Waals surface area contributed by atoms with Crippen molar-refractivity contribution in [2.75, 3.05) is 124 Å². The SMILES string of the molecule is [CH]N1CCN(CC(=O)O)CCN(CC(O)O)CCN(CC(=O)NC(CCC(=O)NCCCOCCCNC(=O)CCC(=O)NCCCn2cc(C(=O)NCC(NS(=O)(=O)c3c(C)cc(C)cc3C)C(=O)O)c(=O)c3ccc(CNc4ncc[nH]4)cc32)C(=O)NC)CC1. The number of aliphatic hydroxyl groups excluding tert-OH is 1. The first-order chi connectivity index (χ1) is 43.8. The molecule has 2 radical (unpaired) electrons. The first-order valence-electron chi connectivity index (χ1n) is 30.5.